The summed E-state index contributed by atoms with van der Waals surface area (Å²) in [6.45, 7) is 0. The van der Waals surface area contributed by atoms with Gasteiger partial charge in [-0.05, 0) is 35.9 Å². The molecule has 2 nitrogen and oxygen atoms in total. The molecule has 0 aliphatic rings. The molecule has 0 N–H and O–H groups in total. The van der Waals surface area contributed by atoms with Crippen LogP contribution >= 0.6 is 15.9 Å². The second kappa shape index (κ2) is 6.22. The molecule has 0 heterocycles. The highest BCUT2D eigenvalue weighted by molar-refractivity contribution is 9.09. The number of alkyl halides is 1. The minimum Gasteiger partial charge on any atom is -0.496 e. The summed E-state index contributed by atoms with van der Waals surface area (Å²) in [6.07, 6.45) is 0. The van der Waals surface area contributed by atoms with Gasteiger partial charge in [0.05, 0.1) is 19.0 Å². The third kappa shape index (κ3) is 2.93. The summed E-state index contributed by atoms with van der Waals surface area (Å²) in [5.41, 5.74) is 1.24. The molecule has 0 radical (unpaired) electrons. The fourth-order valence-corrected chi connectivity index (χ4v) is 2.57. The minimum absolute atomic E-state index is 0.166. The molecule has 1 unspecified atom stereocenters. The van der Waals surface area contributed by atoms with E-state index in [0.29, 0.717) is 16.9 Å². The summed E-state index contributed by atoms with van der Waals surface area (Å²) >= 11 is 3.45. The van der Waals surface area contributed by atoms with Crippen LogP contribution in [0.25, 0.3) is 0 Å². The molecule has 5 heteroatoms. The van der Waals surface area contributed by atoms with Gasteiger partial charge in [0.25, 0.3) is 0 Å². The number of hydrogen-bond acceptors (Lipinski definition) is 2. The van der Waals surface area contributed by atoms with Crippen LogP contribution in [0.2, 0.25) is 0 Å². The normalized spacial score (nSPS) is 12.1. The molecule has 0 aliphatic carbocycles. The summed E-state index contributed by atoms with van der Waals surface area (Å²) in [7, 11) is 2.91. The smallest absolute Gasteiger partial charge is 0.165 e. The fourth-order valence-electron chi connectivity index (χ4n) is 1.92. The average molecular weight is 343 g/mol. The Morgan fingerprint density at radius 3 is 2.20 bits per heavy atom. The first-order valence-electron chi connectivity index (χ1n) is 5.87. The number of methoxy groups -OCH3 is 2. The molecule has 0 bridgehead atoms. The lowest BCUT2D eigenvalue weighted by Gasteiger charge is -2.15. The molecule has 106 valence electrons. The quantitative estimate of drug-likeness (QED) is 0.763. The van der Waals surface area contributed by atoms with Crippen molar-refractivity contribution < 1.29 is 18.3 Å². The van der Waals surface area contributed by atoms with Crippen LogP contribution in [0.15, 0.2) is 36.4 Å². The van der Waals surface area contributed by atoms with Gasteiger partial charge in [0, 0.05) is 5.56 Å². The third-order valence-corrected chi connectivity index (χ3v) is 3.96. The summed E-state index contributed by atoms with van der Waals surface area (Å²) in [5, 5.41) is 0. The van der Waals surface area contributed by atoms with Gasteiger partial charge in [-0.1, -0.05) is 22.0 Å². The van der Waals surface area contributed by atoms with Gasteiger partial charge in [0.1, 0.15) is 11.6 Å². The molecule has 0 saturated carbocycles. The van der Waals surface area contributed by atoms with Crippen molar-refractivity contribution in [2.75, 3.05) is 14.2 Å². The maximum Gasteiger partial charge on any atom is 0.165 e. The van der Waals surface area contributed by atoms with Gasteiger partial charge in [0.2, 0.25) is 0 Å². The topological polar surface area (TPSA) is 18.5 Å². The van der Waals surface area contributed by atoms with Crippen molar-refractivity contribution in [2.45, 2.75) is 4.83 Å². The molecule has 0 aliphatic heterocycles. The molecule has 0 amide bonds. The standard InChI is InChI=1S/C15H13BrF2O2/c1-19-13-6-4-10(17)8-11(13)15(16)9-3-5-14(20-2)12(18)7-9/h3-8,15H,1-2H3. The van der Waals surface area contributed by atoms with Crippen LogP contribution in [0, 0.1) is 11.6 Å². The number of ether oxygens (including phenoxy) is 2. The fraction of sp³-hybridized carbons (Fsp3) is 0.200. The lowest BCUT2D eigenvalue weighted by Crippen LogP contribution is -1.99. The van der Waals surface area contributed by atoms with E-state index in [4.69, 9.17) is 9.47 Å². The Morgan fingerprint density at radius 1 is 0.950 bits per heavy atom. The monoisotopic (exact) mass is 342 g/mol. The highest BCUT2D eigenvalue weighted by Gasteiger charge is 2.17. The third-order valence-electron chi connectivity index (χ3n) is 2.93. The van der Waals surface area contributed by atoms with Gasteiger partial charge in [-0.2, -0.15) is 0 Å². The second-order valence-corrected chi connectivity index (χ2v) is 5.06. The van der Waals surface area contributed by atoms with Crippen molar-refractivity contribution in [3.63, 3.8) is 0 Å². The van der Waals surface area contributed by atoms with E-state index >= 15 is 0 Å². The first-order valence-corrected chi connectivity index (χ1v) is 6.79. The Hall–Kier alpha value is -1.62. The molecular weight excluding hydrogens is 330 g/mol. The molecule has 0 saturated heterocycles. The van der Waals surface area contributed by atoms with E-state index in [2.05, 4.69) is 15.9 Å². The zero-order valence-electron chi connectivity index (χ0n) is 11.0. The number of hydrogen-bond donors (Lipinski definition) is 0. The van der Waals surface area contributed by atoms with Crippen molar-refractivity contribution in [3.05, 3.63) is 59.2 Å². The second-order valence-electron chi connectivity index (χ2n) is 4.14. The van der Waals surface area contributed by atoms with E-state index in [1.54, 1.807) is 12.1 Å². The maximum absolute atomic E-state index is 13.7. The zero-order valence-corrected chi connectivity index (χ0v) is 12.6. The number of halogens is 3. The highest BCUT2D eigenvalue weighted by atomic mass is 79.9. The molecule has 2 aromatic rings. The van der Waals surface area contributed by atoms with Crippen LogP contribution in [0.4, 0.5) is 8.78 Å². The van der Waals surface area contributed by atoms with Gasteiger partial charge in [-0.25, -0.2) is 8.78 Å². The van der Waals surface area contributed by atoms with E-state index in [1.165, 1.54) is 38.5 Å². The number of benzene rings is 2. The summed E-state index contributed by atoms with van der Waals surface area (Å²) < 4.78 is 37.2. The van der Waals surface area contributed by atoms with Crippen LogP contribution in [0.3, 0.4) is 0 Å². The average Bonchev–Trinajstić information content (AvgIpc) is 2.46. The Morgan fingerprint density at radius 2 is 1.60 bits per heavy atom. The lowest BCUT2D eigenvalue weighted by molar-refractivity contribution is 0.386. The minimum atomic E-state index is -0.468. The molecule has 0 fully saturated rings. The van der Waals surface area contributed by atoms with E-state index in [9.17, 15) is 8.78 Å². The van der Waals surface area contributed by atoms with Gasteiger partial charge >= 0.3 is 0 Å². The molecule has 2 rings (SSSR count). The van der Waals surface area contributed by atoms with Gasteiger partial charge in [-0.3, -0.25) is 0 Å². The van der Waals surface area contributed by atoms with Gasteiger partial charge in [0.15, 0.2) is 11.6 Å². The van der Waals surface area contributed by atoms with E-state index < -0.39 is 5.82 Å². The van der Waals surface area contributed by atoms with Crippen LogP contribution in [-0.4, -0.2) is 14.2 Å². The first-order chi connectivity index (χ1) is 9.56. The van der Waals surface area contributed by atoms with Crippen LogP contribution in [0.1, 0.15) is 16.0 Å². The van der Waals surface area contributed by atoms with Gasteiger partial charge < -0.3 is 9.47 Å². The predicted molar refractivity (Wildman–Crippen MR) is 76.7 cm³/mol. The Kier molecular flexibility index (Phi) is 4.60. The van der Waals surface area contributed by atoms with E-state index in [-0.39, 0.29) is 16.4 Å². The summed E-state index contributed by atoms with van der Waals surface area (Å²) in [4.78, 5) is -0.381. The summed E-state index contributed by atoms with van der Waals surface area (Å²) in [5.74, 6) is -0.145. The highest BCUT2D eigenvalue weighted by Crippen LogP contribution is 2.38. The Labute approximate surface area is 124 Å². The summed E-state index contributed by atoms with van der Waals surface area (Å²) in [6, 6.07) is 8.81. The lowest BCUT2D eigenvalue weighted by atomic mass is 10.0. The molecule has 0 aromatic heterocycles. The first kappa shape index (κ1) is 14.8. The van der Waals surface area contributed by atoms with Crippen molar-refractivity contribution in [1.29, 1.82) is 0 Å². The Balaban J connectivity index is 2.43. The molecule has 2 aromatic carbocycles. The maximum atomic E-state index is 13.7. The number of rotatable bonds is 4. The van der Waals surface area contributed by atoms with Gasteiger partial charge in [-0.15, -0.1) is 0 Å². The van der Waals surface area contributed by atoms with E-state index in [0.717, 1.165) is 0 Å². The SMILES string of the molecule is COc1ccc(C(Br)c2cc(F)ccc2OC)cc1F. The molecular formula is C15H13BrF2O2. The largest absolute Gasteiger partial charge is 0.496 e. The zero-order chi connectivity index (χ0) is 14.7. The van der Waals surface area contributed by atoms with Crippen LogP contribution in [-0.2, 0) is 0 Å². The van der Waals surface area contributed by atoms with Crippen LogP contribution in [0.5, 0.6) is 11.5 Å². The van der Waals surface area contributed by atoms with Crippen molar-refractivity contribution >= 4 is 15.9 Å². The van der Waals surface area contributed by atoms with Crippen LogP contribution < -0.4 is 9.47 Å². The van der Waals surface area contributed by atoms with E-state index in [1.807, 2.05) is 0 Å². The molecule has 0 spiro atoms. The predicted octanol–water partition coefficient (Wildman–Crippen LogP) is 4.47. The Bertz CT molecular complexity index is 617. The molecule has 1 atom stereocenters. The molecule has 20 heavy (non-hydrogen) atoms. The van der Waals surface area contributed by atoms with Crippen molar-refractivity contribution in [3.8, 4) is 11.5 Å². The van der Waals surface area contributed by atoms with Crippen molar-refractivity contribution in [2.24, 2.45) is 0 Å². The van der Waals surface area contributed by atoms with Crippen molar-refractivity contribution in [1.82, 2.24) is 0 Å².